The average Bonchev–Trinajstić information content (AvgIpc) is 3.22. The van der Waals surface area contributed by atoms with Crippen molar-refractivity contribution < 1.29 is 0 Å². The Morgan fingerprint density at radius 3 is 2.61 bits per heavy atom. The highest BCUT2D eigenvalue weighted by molar-refractivity contribution is 5.33. The third-order valence-electron chi connectivity index (χ3n) is 6.91. The summed E-state index contributed by atoms with van der Waals surface area (Å²) in [6.45, 7) is 4.43. The van der Waals surface area contributed by atoms with E-state index in [2.05, 4.69) is 49.1 Å². The maximum Gasteiger partial charge on any atom is 0.252 e. The molecule has 3 saturated heterocycles. The van der Waals surface area contributed by atoms with E-state index in [1.807, 2.05) is 12.3 Å². The Labute approximate surface area is 165 Å². The van der Waals surface area contributed by atoms with Crippen molar-refractivity contribution in [3.05, 3.63) is 59.7 Å². The van der Waals surface area contributed by atoms with E-state index < -0.39 is 0 Å². The number of hydrogen-bond acceptors (Lipinski definition) is 5. The van der Waals surface area contributed by atoms with Crippen molar-refractivity contribution in [1.82, 2.24) is 29.4 Å². The second kappa shape index (κ2) is 6.64. The molecule has 0 unspecified atom stereocenters. The van der Waals surface area contributed by atoms with Gasteiger partial charge in [0, 0.05) is 44.1 Å². The third kappa shape index (κ3) is 2.91. The Kier molecular flexibility index (Phi) is 3.94. The molecule has 28 heavy (non-hydrogen) atoms. The molecule has 2 atom stereocenters. The Hall–Kier alpha value is -2.31. The topological polar surface area (TPSA) is 49.6 Å². The van der Waals surface area contributed by atoms with Gasteiger partial charge in [0.25, 0.3) is 5.78 Å². The molecule has 2 aromatic heterocycles. The molecule has 0 spiro atoms. The van der Waals surface area contributed by atoms with E-state index in [-0.39, 0.29) is 0 Å². The van der Waals surface area contributed by atoms with Crippen molar-refractivity contribution in [2.24, 2.45) is 5.92 Å². The first-order valence-corrected chi connectivity index (χ1v) is 10.5. The van der Waals surface area contributed by atoms with Crippen molar-refractivity contribution in [2.45, 2.75) is 44.3 Å². The number of nitrogens with zero attached hydrogens (tertiary/aromatic N) is 6. The van der Waals surface area contributed by atoms with Crippen LogP contribution in [0.2, 0.25) is 0 Å². The van der Waals surface area contributed by atoms with Crippen molar-refractivity contribution in [1.29, 1.82) is 0 Å². The van der Waals surface area contributed by atoms with Gasteiger partial charge in [0.15, 0.2) is 5.82 Å². The number of fused-ring (bicyclic) bond motifs is 6. The quantitative estimate of drug-likeness (QED) is 0.703. The standard InChI is InChI=1S/C22H26N6/c1-2-5-18-11-20(10-17(18)4-1)26-12-16-6-7-19(14-26)27(13-16)15-21-24-22-23-8-3-9-28(22)25-21/h1-5,8-9,16,19-20H,6-7,10-15H2/t16-,19+/m0/s1. The smallest absolute Gasteiger partial charge is 0.252 e. The van der Waals surface area contributed by atoms with Gasteiger partial charge in [-0.05, 0) is 48.8 Å². The van der Waals surface area contributed by atoms with Crippen molar-refractivity contribution in [2.75, 3.05) is 19.6 Å². The highest BCUT2D eigenvalue weighted by Gasteiger charge is 2.38. The van der Waals surface area contributed by atoms with Crippen LogP contribution >= 0.6 is 0 Å². The third-order valence-corrected chi connectivity index (χ3v) is 6.91. The number of rotatable bonds is 3. The minimum Gasteiger partial charge on any atom is -0.298 e. The van der Waals surface area contributed by atoms with Gasteiger partial charge in [-0.15, -0.1) is 5.10 Å². The molecule has 2 bridgehead atoms. The first-order chi connectivity index (χ1) is 13.8. The summed E-state index contributed by atoms with van der Waals surface area (Å²) in [5.74, 6) is 2.35. The molecule has 7 rings (SSSR count). The van der Waals surface area contributed by atoms with E-state index >= 15 is 0 Å². The van der Waals surface area contributed by atoms with Crippen LogP contribution in [0.3, 0.4) is 0 Å². The van der Waals surface area contributed by atoms with Crippen LogP contribution in [-0.4, -0.2) is 61.1 Å². The maximum atomic E-state index is 4.63. The predicted octanol–water partition coefficient (Wildman–Crippen LogP) is 2.19. The van der Waals surface area contributed by atoms with E-state index in [4.69, 9.17) is 0 Å². The SMILES string of the molecule is c1ccc2c(c1)CC(N1C[C@@H]3CC[C@H](C1)N(Cc1nc4ncccn4n1)C3)C2. The molecule has 0 radical (unpaired) electrons. The molecule has 6 heteroatoms. The lowest BCUT2D eigenvalue weighted by Gasteiger charge is -2.35. The van der Waals surface area contributed by atoms with Crippen LogP contribution in [0.1, 0.15) is 29.8 Å². The average molecular weight is 374 g/mol. The van der Waals surface area contributed by atoms with Gasteiger partial charge in [0.05, 0.1) is 6.54 Å². The fourth-order valence-electron chi connectivity index (χ4n) is 5.53. The lowest BCUT2D eigenvalue weighted by atomic mass is 9.95. The van der Waals surface area contributed by atoms with Crippen LogP contribution in [-0.2, 0) is 19.4 Å². The summed E-state index contributed by atoms with van der Waals surface area (Å²) in [6, 6.07) is 12.2. The summed E-state index contributed by atoms with van der Waals surface area (Å²) in [6.07, 6.45) is 8.79. The first-order valence-electron chi connectivity index (χ1n) is 10.5. The van der Waals surface area contributed by atoms with Crippen LogP contribution in [0.15, 0.2) is 42.7 Å². The zero-order valence-corrected chi connectivity index (χ0v) is 16.1. The number of hydrogen-bond donors (Lipinski definition) is 0. The van der Waals surface area contributed by atoms with Crippen molar-refractivity contribution >= 4 is 5.78 Å². The zero-order valence-electron chi connectivity index (χ0n) is 16.1. The molecular formula is C22H26N6. The molecule has 0 amide bonds. The van der Waals surface area contributed by atoms with E-state index in [9.17, 15) is 0 Å². The van der Waals surface area contributed by atoms with Gasteiger partial charge in [-0.3, -0.25) is 9.80 Å². The van der Waals surface area contributed by atoms with Gasteiger partial charge in [0.1, 0.15) is 0 Å². The maximum absolute atomic E-state index is 4.63. The molecule has 3 fully saturated rings. The number of benzene rings is 1. The van der Waals surface area contributed by atoms with Gasteiger partial charge in [-0.1, -0.05) is 24.3 Å². The first kappa shape index (κ1) is 16.6. The Morgan fingerprint density at radius 2 is 1.79 bits per heavy atom. The van der Waals surface area contributed by atoms with E-state index in [1.54, 1.807) is 21.8 Å². The van der Waals surface area contributed by atoms with Gasteiger partial charge >= 0.3 is 0 Å². The zero-order chi connectivity index (χ0) is 18.5. The summed E-state index contributed by atoms with van der Waals surface area (Å²) in [5.41, 5.74) is 3.12. The Balaban J connectivity index is 1.19. The van der Waals surface area contributed by atoms with Crippen LogP contribution in [0.5, 0.6) is 0 Å². The van der Waals surface area contributed by atoms with Gasteiger partial charge in [-0.25, -0.2) is 9.50 Å². The van der Waals surface area contributed by atoms with Crippen molar-refractivity contribution in [3.8, 4) is 0 Å². The predicted molar refractivity (Wildman–Crippen MR) is 107 cm³/mol. The summed E-state index contributed by atoms with van der Waals surface area (Å²) < 4.78 is 1.79. The molecule has 144 valence electrons. The number of piperidine rings is 1. The minimum atomic E-state index is 0.613. The lowest BCUT2D eigenvalue weighted by Crippen LogP contribution is -2.45. The van der Waals surface area contributed by atoms with E-state index in [1.165, 1.54) is 45.3 Å². The largest absolute Gasteiger partial charge is 0.298 e. The fraction of sp³-hybridized carbons (Fsp3) is 0.500. The van der Waals surface area contributed by atoms with Crippen molar-refractivity contribution in [3.63, 3.8) is 0 Å². The summed E-state index contributed by atoms with van der Waals surface area (Å²) in [4.78, 5) is 14.4. The summed E-state index contributed by atoms with van der Waals surface area (Å²) >= 11 is 0. The van der Waals surface area contributed by atoms with Crippen LogP contribution in [0, 0.1) is 5.92 Å². The molecule has 3 aliphatic heterocycles. The molecular weight excluding hydrogens is 348 g/mol. The summed E-state index contributed by atoms with van der Waals surface area (Å²) in [5, 5.41) is 4.63. The van der Waals surface area contributed by atoms with E-state index in [0.29, 0.717) is 17.9 Å². The molecule has 0 N–H and O–H groups in total. The minimum absolute atomic E-state index is 0.613. The van der Waals surface area contributed by atoms with Crippen LogP contribution < -0.4 is 0 Å². The highest BCUT2D eigenvalue weighted by Crippen LogP contribution is 2.33. The highest BCUT2D eigenvalue weighted by atomic mass is 15.3. The monoisotopic (exact) mass is 374 g/mol. The number of aromatic nitrogens is 4. The van der Waals surface area contributed by atoms with Gasteiger partial charge in [-0.2, -0.15) is 4.98 Å². The fourth-order valence-corrected chi connectivity index (χ4v) is 5.53. The molecule has 1 aromatic carbocycles. The van der Waals surface area contributed by atoms with Gasteiger partial charge < -0.3 is 0 Å². The second-order valence-electron chi connectivity index (χ2n) is 8.70. The molecule has 0 saturated carbocycles. The lowest BCUT2D eigenvalue weighted by molar-refractivity contribution is 0.117. The molecule has 1 aliphatic carbocycles. The van der Waals surface area contributed by atoms with Gasteiger partial charge in [0.2, 0.25) is 0 Å². The van der Waals surface area contributed by atoms with Crippen LogP contribution in [0.4, 0.5) is 0 Å². The van der Waals surface area contributed by atoms with Crippen LogP contribution in [0.25, 0.3) is 5.78 Å². The normalized spacial score (nSPS) is 26.0. The molecule has 3 aromatic rings. The molecule has 6 nitrogen and oxygen atoms in total. The molecule has 4 aliphatic rings. The second-order valence-corrected chi connectivity index (χ2v) is 8.70. The van der Waals surface area contributed by atoms with E-state index in [0.717, 1.165) is 18.3 Å². The molecule has 5 heterocycles. The Bertz CT molecular complexity index is 939. The summed E-state index contributed by atoms with van der Waals surface area (Å²) in [7, 11) is 0. The Morgan fingerprint density at radius 1 is 0.929 bits per heavy atom.